The predicted octanol–water partition coefficient (Wildman–Crippen LogP) is 1.45. The van der Waals surface area contributed by atoms with E-state index >= 15 is 0 Å². The number of aryl methyl sites for hydroxylation is 1. The second kappa shape index (κ2) is 3.69. The van der Waals surface area contributed by atoms with Crippen LogP contribution in [0.5, 0.6) is 0 Å². The third kappa shape index (κ3) is 1.43. The molecule has 0 unspecified atom stereocenters. The average molecular weight is 228 g/mol. The molecule has 0 amide bonds. The van der Waals surface area contributed by atoms with E-state index in [2.05, 4.69) is 10.1 Å². The lowest BCUT2D eigenvalue weighted by molar-refractivity contribution is 0.658. The van der Waals surface area contributed by atoms with E-state index in [9.17, 15) is 4.79 Å². The van der Waals surface area contributed by atoms with Crippen LogP contribution in [-0.4, -0.2) is 19.2 Å². The normalized spacial score (nSPS) is 11.4. The predicted molar refractivity (Wildman–Crippen MR) is 65.0 cm³/mol. The van der Waals surface area contributed by atoms with E-state index in [1.807, 2.05) is 25.3 Å². The standard InChI is InChI=1S/C12H12N4O/c1-2-6-15-7-4-10-9(12(15)17)8-13-11-3-5-14-16(10)11/h3-5,7-8H,2,6H2,1H3. The topological polar surface area (TPSA) is 52.2 Å². The van der Waals surface area contributed by atoms with Crippen molar-refractivity contribution >= 4 is 16.6 Å². The molecule has 0 aliphatic heterocycles. The summed E-state index contributed by atoms with van der Waals surface area (Å²) in [5, 5.41) is 4.78. The first-order chi connectivity index (χ1) is 8.31. The van der Waals surface area contributed by atoms with Gasteiger partial charge in [-0.3, -0.25) is 4.79 Å². The molecule has 3 rings (SSSR count). The van der Waals surface area contributed by atoms with Crippen LogP contribution in [0.2, 0.25) is 0 Å². The first-order valence-corrected chi connectivity index (χ1v) is 5.63. The van der Waals surface area contributed by atoms with Crippen molar-refractivity contribution in [2.24, 2.45) is 0 Å². The van der Waals surface area contributed by atoms with Crippen molar-refractivity contribution in [3.8, 4) is 0 Å². The molecule has 5 nitrogen and oxygen atoms in total. The van der Waals surface area contributed by atoms with Gasteiger partial charge in [0.05, 0.1) is 17.1 Å². The number of fused-ring (bicyclic) bond motifs is 3. The van der Waals surface area contributed by atoms with Gasteiger partial charge in [0.1, 0.15) is 0 Å². The molecule has 0 aliphatic rings. The summed E-state index contributed by atoms with van der Waals surface area (Å²) in [5.74, 6) is 0. The van der Waals surface area contributed by atoms with Crippen molar-refractivity contribution < 1.29 is 0 Å². The minimum Gasteiger partial charge on any atom is -0.315 e. The van der Waals surface area contributed by atoms with Crippen LogP contribution in [-0.2, 0) is 6.54 Å². The molecule has 0 atom stereocenters. The Kier molecular flexibility index (Phi) is 2.18. The van der Waals surface area contributed by atoms with Gasteiger partial charge in [-0.1, -0.05) is 6.92 Å². The van der Waals surface area contributed by atoms with E-state index < -0.39 is 0 Å². The smallest absolute Gasteiger partial charge is 0.261 e. The van der Waals surface area contributed by atoms with E-state index in [4.69, 9.17) is 0 Å². The lowest BCUT2D eigenvalue weighted by atomic mass is 10.3. The molecule has 0 saturated heterocycles. The van der Waals surface area contributed by atoms with Gasteiger partial charge in [-0.15, -0.1) is 0 Å². The van der Waals surface area contributed by atoms with Gasteiger partial charge in [0.25, 0.3) is 5.56 Å². The van der Waals surface area contributed by atoms with Crippen LogP contribution in [0.25, 0.3) is 16.6 Å². The van der Waals surface area contributed by atoms with Crippen molar-refractivity contribution in [3.05, 3.63) is 41.1 Å². The quantitative estimate of drug-likeness (QED) is 0.667. The van der Waals surface area contributed by atoms with E-state index in [1.165, 1.54) is 0 Å². The second-order valence-electron chi connectivity index (χ2n) is 3.97. The second-order valence-corrected chi connectivity index (χ2v) is 3.97. The maximum Gasteiger partial charge on any atom is 0.261 e. The summed E-state index contributed by atoms with van der Waals surface area (Å²) in [5.41, 5.74) is 1.55. The highest BCUT2D eigenvalue weighted by molar-refractivity contribution is 5.78. The zero-order valence-electron chi connectivity index (χ0n) is 9.50. The maximum absolute atomic E-state index is 12.2. The van der Waals surface area contributed by atoms with Crippen LogP contribution < -0.4 is 5.56 Å². The average Bonchev–Trinajstić information content (AvgIpc) is 2.81. The van der Waals surface area contributed by atoms with Crippen molar-refractivity contribution in [1.29, 1.82) is 0 Å². The van der Waals surface area contributed by atoms with E-state index in [1.54, 1.807) is 21.5 Å². The van der Waals surface area contributed by atoms with E-state index in [-0.39, 0.29) is 5.56 Å². The van der Waals surface area contributed by atoms with Crippen LogP contribution in [0.1, 0.15) is 13.3 Å². The van der Waals surface area contributed by atoms with Crippen molar-refractivity contribution in [3.63, 3.8) is 0 Å². The molecule has 3 heterocycles. The Labute approximate surface area is 97.3 Å². The van der Waals surface area contributed by atoms with Gasteiger partial charge in [-0.2, -0.15) is 5.10 Å². The molecule has 86 valence electrons. The van der Waals surface area contributed by atoms with Crippen LogP contribution in [0.4, 0.5) is 0 Å². The first kappa shape index (κ1) is 10.0. The van der Waals surface area contributed by atoms with Crippen molar-refractivity contribution in [2.45, 2.75) is 19.9 Å². The molecule has 0 radical (unpaired) electrons. The highest BCUT2D eigenvalue weighted by atomic mass is 16.1. The molecule has 0 N–H and O–H groups in total. The molecule has 0 aliphatic carbocycles. The molecule has 3 aromatic heterocycles. The number of aromatic nitrogens is 4. The third-order valence-electron chi connectivity index (χ3n) is 2.82. The molecular weight excluding hydrogens is 216 g/mol. The number of pyridine rings is 1. The number of hydrogen-bond donors (Lipinski definition) is 0. The summed E-state index contributed by atoms with van der Waals surface area (Å²) in [4.78, 5) is 16.4. The van der Waals surface area contributed by atoms with E-state index in [0.717, 1.165) is 24.1 Å². The Bertz CT molecular complexity index is 741. The Morgan fingerprint density at radius 2 is 2.24 bits per heavy atom. The van der Waals surface area contributed by atoms with Gasteiger partial charge in [0.2, 0.25) is 0 Å². The van der Waals surface area contributed by atoms with Gasteiger partial charge < -0.3 is 4.57 Å². The zero-order chi connectivity index (χ0) is 11.8. The highest BCUT2D eigenvalue weighted by Gasteiger charge is 2.06. The number of rotatable bonds is 2. The lowest BCUT2D eigenvalue weighted by Crippen LogP contribution is -2.20. The molecule has 0 aromatic carbocycles. The third-order valence-corrected chi connectivity index (χ3v) is 2.82. The fourth-order valence-electron chi connectivity index (χ4n) is 2.02. The van der Waals surface area contributed by atoms with Crippen LogP contribution >= 0.6 is 0 Å². The van der Waals surface area contributed by atoms with Crippen LogP contribution in [0, 0.1) is 0 Å². The fraction of sp³-hybridized carbons (Fsp3) is 0.250. The molecule has 0 fully saturated rings. The minimum absolute atomic E-state index is 0.00532. The highest BCUT2D eigenvalue weighted by Crippen LogP contribution is 2.10. The zero-order valence-corrected chi connectivity index (χ0v) is 9.50. The van der Waals surface area contributed by atoms with E-state index in [0.29, 0.717) is 5.39 Å². The number of hydrogen-bond acceptors (Lipinski definition) is 3. The Balaban J connectivity index is 2.40. The molecular formula is C12H12N4O. The van der Waals surface area contributed by atoms with Gasteiger partial charge >= 0.3 is 0 Å². The van der Waals surface area contributed by atoms with Crippen LogP contribution in [0.3, 0.4) is 0 Å². The Hall–Kier alpha value is -2.17. The monoisotopic (exact) mass is 228 g/mol. The summed E-state index contributed by atoms with van der Waals surface area (Å²) in [7, 11) is 0. The van der Waals surface area contributed by atoms with Gasteiger partial charge in [-0.05, 0) is 12.5 Å². The summed E-state index contributed by atoms with van der Waals surface area (Å²) >= 11 is 0. The maximum atomic E-state index is 12.2. The van der Waals surface area contributed by atoms with Crippen LogP contribution in [0.15, 0.2) is 35.5 Å². The summed E-state index contributed by atoms with van der Waals surface area (Å²) in [6, 6.07) is 3.73. The Morgan fingerprint density at radius 3 is 3.06 bits per heavy atom. The summed E-state index contributed by atoms with van der Waals surface area (Å²) in [6.45, 7) is 2.78. The SMILES string of the molecule is CCCn1ccc2c(cnc3ccnn32)c1=O. The molecule has 0 saturated carbocycles. The van der Waals surface area contributed by atoms with Gasteiger partial charge in [-0.25, -0.2) is 9.50 Å². The summed E-state index contributed by atoms with van der Waals surface area (Å²) < 4.78 is 3.40. The largest absolute Gasteiger partial charge is 0.315 e. The van der Waals surface area contributed by atoms with Crippen molar-refractivity contribution in [2.75, 3.05) is 0 Å². The van der Waals surface area contributed by atoms with Crippen molar-refractivity contribution in [1.82, 2.24) is 19.2 Å². The molecule has 3 aromatic rings. The Morgan fingerprint density at radius 1 is 1.35 bits per heavy atom. The number of nitrogens with zero attached hydrogens (tertiary/aromatic N) is 4. The lowest BCUT2D eigenvalue weighted by Gasteiger charge is -2.06. The molecule has 17 heavy (non-hydrogen) atoms. The fourth-order valence-corrected chi connectivity index (χ4v) is 2.02. The molecule has 5 heteroatoms. The first-order valence-electron chi connectivity index (χ1n) is 5.63. The molecule has 0 spiro atoms. The summed E-state index contributed by atoms with van der Waals surface area (Å²) in [6.07, 6.45) is 6.05. The molecule has 0 bridgehead atoms. The minimum atomic E-state index is -0.00532. The van der Waals surface area contributed by atoms with Gasteiger partial charge in [0.15, 0.2) is 5.65 Å². The van der Waals surface area contributed by atoms with Gasteiger partial charge in [0, 0.05) is 25.0 Å².